The molecule has 2 fully saturated rings. The minimum atomic E-state index is -0.947. The van der Waals surface area contributed by atoms with Gasteiger partial charge >= 0.3 is 0 Å². The fraction of sp³-hybridized carbons (Fsp3) is 0.657. The predicted molar refractivity (Wildman–Crippen MR) is 179 cm³/mol. The molecule has 2 heterocycles. The van der Waals surface area contributed by atoms with Crippen molar-refractivity contribution in [2.75, 3.05) is 13.1 Å². The van der Waals surface area contributed by atoms with E-state index in [0.717, 1.165) is 37.1 Å². The maximum atomic E-state index is 13.9. The molecule has 2 aromatic rings. The topological polar surface area (TPSA) is 124 Å². The zero-order valence-electron chi connectivity index (χ0n) is 28.1. The summed E-state index contributed by atoms with van der Waals surface area (Å²) in [7, 11) is 0. The van der Waals surface area contributed by atoms with Crippen molar-refractivity contribution in [3.05, 3.63) is 52.0 Å². The number of benzene rings is 1. The number of aromatic nitrogens is 1. The molecule has 45 heavy (non-hydrogen) atoms. The monoisotopic (exact) mass is 639 g/mol. The van der Waals surface area contributed by atoms with Crippen LogP contribution < -0.4 is 16.0 Å². The van der Waals surface area contributed by atoms with Crippen LogP contribution >= 0.6 is 11.3 Å². The number of likely N-dealkylation sites (tertiary alicyclic amines) is 1. The van der Waals surface area contributed by atoms with E-state index < -0.39 is 29.5 Å². The van der Waals surface area contributed by atoms with Gasteiger partial charge in [-0.25, -0.2) is 4.98 Å². The largest absolute Gasteiger partial charge is 0.390 e. The zero-order chi connectivity index (χ0) is 32.9. The number of hydrogen-bond acceptors (Lipinski definition) is 7. The first-order valence-corrected chi connectivity index (χ1v) is 17.3. The number of nitrogens with one attached hydrogen (secondary N) is 3. The average molecular weight is 640 g/mol. The number of hydrogen-bond donors (Lipinski definition) is 4. The van der Waals surface area contributed by atoms with Crippen LogP contribution in [-0.2, 0) is 16.0 Å². The number of carbonyl (C=O) groups is 3. The highest BCUT2D eigenvalue weighted by Gasteiger charge is 2.42. The lowest BCUT2D eigenvalue weighted by atomic mass is 9.72. The highest BCUT2D eigenvalue weighted by molar-refractivity contribution is 7.11. The van der Waals surface area contributed by atoms with Gasteiger partial charge in [-0.05, 0) is 69.8 Å². The minimum Gasteiger partial charge on any atom is -0.390 e. The number of aliphatic hydroxyl groups excluding tert-OH is 1. The van der Waals surface area contributed by atoms with Crippen LogP contribution in [0, 0.1) is 24.2 Å². The molecule has 2 aliphatic rings. The van der Waals surface area contributed by atoms with Gasteiger partial charge in [-0.15, -0.1) is 11.3 Å². The van der Waals surface area contributed by atoms with Crippen molar-refractivity contribution >= 4 is 29.1 Å². The molecule has 1 aromatic carbocycles. The van der Waals surface area contributed by atoms with Gasteiger partial charge in [0.05, 0.1) is 18.2 Å². The van der Waals surface area contributed by atoms with E-state index in [0.29, 0.717) is 23.3 Å². The molecule has 6 atom stereocenters. The first-order valence-electron chi connectivity index (χ1n) is 16.4. The normalized spacial score (nSPS) is 22.9. The van der Waals surface area contributed by atoms with Crippen LogP contribution in [0.4, 0.5) is 0 Å². The minimum absolute atomic E-state index is 0.00435. The fourth-order valence-electron chi connectivity index (χ4n) is 6.74. The molecule has 1 aromatic heterocycles. The smallest absolute Gasteiger partial charge is 0.280 e. The highest BCUT2D eigenvalue weighted by Crippen LogP contribution is 2.39. The van der Waals surface area contributed by atoms with Gasteiger partial charge in [0.25, 0.3) is 5.91 Å². The van der Waals surface area contributed by atoms with E-state index in [1.807, 2.05) is 78.8 Å². The zero-order valence-corrected chi connectivity index (χ0v) is 28.9. The van der Waals surface area contributed by atoms with Crippen molar-refractivity contribution in [3.63, 3.8) is 0 Å². The standard InChI is InChI=1S/C35H53N5O4S/c1-22-21-45-33(36-22)32(44)38-29(34(2,3)4)31(43)37-26(17-23-13-9-8-10-14-23)28(41)20-40-19-25-16-12-11-15-24(25)18-27(40)30(42)39-35(5,6)7/h8-10,13-14,21,24-29,41H,11-12,15-20H2,1-7H3,(H,37,43)(H,38,44)(H,39,42)/t24-,25?,26?,27-,28?,29+/m0/s1. The van der Waals surface area contributed by atoms with E-state index >= 15 is 0 Å². The van der Waals surface area contributed by atoms with Crippen LogP contribution in [0.3, 0.4) is 0 Å². The number of rotatable bonds is 10. The van der Waals surface area contributed by atoms with Gasteiger partial charge in [-0.3, -0.25) is 19.3 Å². The molecule has 9 nitrogen and oxygen atoms in total. The molecule has 0 spiro atoms. The quantitative estimate of drug-likeness (QED) is 0.304. The molecule has 4 N–H and O–H groups in total. The molecule has 0 bridgehead atoms. The molecule has 4 rings (SSSR count). The van der Waals surface area contributed by atoms with E-state index in [1.165, 1.54) is 24.2 Å². The van der Waals surface area contributed by atoms with Crippen molar-refractivity contribution < 1.29 is 19.5 Å². The molecule has 3 unspecified atom stereocenters. The summed E-state index contributed by atoms with van der Waals surface area (Å²) < 4.78 is 0. The number of β-amino-alcohol motifs (C(OH)–C–C–N with tert-alkyl or cyclic N) is 1. The SMILES string of the molecule is Cc1csc(C(=O)N[C@H](C(=O)NC(Cc2ccccc2)C(O)CN2CC3CCCC[C@H]3C[C@H]2C(=O)NC(C)(C)C)C(C)(C)C)n1. The van der Waals surface area contributed by atoms with Gasteiger partial charge < -0.3 is 21.1 Å². The van der Waals surface area contributed by atoms with Gasteiger partial charge in [0.2, 0.25) is 11.8 Å². The van der Waals surface area contributed by atoms with Crippen molar-refractivity contribution in [2.45, 2.75) is 117 Å². The Morgan fingerprint density at radius 3 is 2.29 bits per heavy atom. The summed E-state index contributed by atoms with van der Waals surface area (Å²) in [5, 5.41) is 23.2. The molecule has 3 amide bonds. The third-order valence-electron chi connectivity index (χ3n) is 9.03. The first-order chi connectivity index (χ1) is 21.1. The third-order valence-corrected chi connectivity index (χ3v) is 9.99. The van der Waals surface area contributed by atoms with Crippen LogP contribution in [0.25, 0.3) is 0 Å². The summed E-state index contributed by atoms with van der Waals surface area (Å²) >= 11 is 1.24. The molecule has 10 heteroatoms. The van der Waals surface area contributed by atoms with Gasteiger partial charge in [0, 0.05) is 29.7 Å². The van der Waals surface area contributed by atoms with E-state index in [9.17, 15) is 19.5 Å². The fourth-order valence-corrected chi connectivity index (χ4v) is 7.44. The summed E-state index contributed by atoms with van der Waals surface area (Å²) in [5.41, 5.74) is 0.759. The Bertz CT molecular complexity index is 1300. The van der Waals surface area contributed by atoms with E-state index in [1.54, 1.807) is 5.38 Å². The second-order valence-electron chi connectivity index (χ2n) is 15.2. The van der Waals surface area contributed by atoms with Crippen LogP contribution in [0.1, 0.15) is 94.7 Å². The Morgan fingerprint density at radius 2 is 1.69 bits per heavy atom. The molecular weight excluding hydrogens is 586 g/mol. The Kier molecular flexibility index (Phi) is 11.5. The van der Waals surface area contributed by atoms with Crippen molar-refractivity contribution in [1.29, 1.82) is 0 Å². The van der Waals surface area contributed by atoms with E-state index in [-0.39, 0.29) is 29.9 Å². The molecule has 248 valence electrons. The van der Waals surface area contributed by atoms with Gasteiger partial charge in [0.15, 0.2) is 5.01 Å². The molecular formula is C35H53N5O4S. The molecule has 1 aliphatic carbocycles. The number of nitrogens with zero attached hydrogens (tertiary/aromatic N) is 2. The summed E-state index contributed by atoms with van der Waals surface area (Å²) in [6, 6.07) is 7.94. The molecule has 1 saturated carbocycles. The van der Waals surface area contributed by atoms with Crippen LogP contribution in [0.15, 0.2) is 35.7 Å². The Labute approximate surface area is 273 Å². The van der Waals surface area contributed by atoms with Crippen molar-refractivity contribution in [1.82, 2.24) is 25.8 Å². The molecule has 1 saturated heterocycles. The summed E-state index contributed by atoms with van der Waals surface area (Å²) in [6.07, 6.45) is 4.93. The van der Waals surface area contributed by atoms with Gasteiger partial charge in [-0.1, -0.05) is 70.4 Å². The number of aliphatic hydroxyl groups is 1. The van der Waals surface area contributed by atoms with Gasteiger partial charge in [0.1, 0.15) is 6.04 Å². The Balaban J connectivity index is 1.56. The maximum absolute atomic E-state index is 13.9. The lowest BCUT2D eigenvalue weighted by Gasteiger charge is -2.47. The first kappa shape index (κ1) is 35.0. The van der Waals surface area contributed by atoms with Crippen LogP contribution in [0.5, 0.6) is 0 Å². The lowest BCUT2D eigenvalue weighted by Crippen LogP contribution is -2.61. The Morgan fingerprint density at radius 1 is 1.02 bits per heavy atom. The maximum Gasteiger partial charge on any atom is 0.280 e. The van der Waals surface area contributed by atoms with Gasteiger partial charge in [-0.2, -0.15) is 0 Å². The van der Waals surface area contributed by atoms with Crippen molar-refractivity contribution in [2.24, 2.45) is 17.3 Å². The number of thiazole rings is 1. The number of amides is 3. The predicted octanol–water partition coefficient (Wildman–Crippen LogP) is 4.48. The van der Waals surface area contributed by atoms with Crippen molar-refractivity contribution in [3.8, 4) is 0 Å². The summed E-state index contributed by atoms with van der Waals surface area (Å²) in [4.78, 5) is 47.0. The average Bonchev–Trinajstić information content (AvgIpc) is 3.40. The number of fused-ring (bicyclic) bond motifs is 1. The summed E-state index contributed by atoms with van der Waals surface area (Å²) in [5.74, 6) is 0.251. The summed E-state index contributed by atoms with van der Waals surface area (Å²) in [6.45, 7) is 14.5. The van der Waals surface area contributed by atoms with E-state index in [4.69, 9.17) is 0 Å². The number of carbonyl (C=O) groups excluding carboxylic acids is 3. The molecule has 1 aliphatic heterocycles. The van der Waals surface area contributed by atoms with Crippen LogP contribution in [0.2, 0.25) is 0 Å². The third kappa shape index (κ3) is 9.83. The lowest BCUT2D eigenvalue weighted by molar-refractivity contribution is -0.133. The number of aryl methyl sites for hydroxylation is 1. The molecule has 0 radical (unpaired) electrons. The Hall–Kier alpha value is -2.82. The second-order valence-corrected chi connectivity index (χ2v) is 16.0. The highest BCUT2D eigenvalue weighted by atomic mass is 32.1. The number of piperidine rings is 1. The second kappa shape index (κ2) is 14.7. The van der Waals surface area contributed by atoms with Crippen LogP contribution in [-0.4, -0.2) is 75.6 Å². The van der Waals surface area contributed by atoms with E-state index in [2.05, 4.69) is 25.8 Å².